The number of H-pyrrole nitrogens is 1. The van der Waals surface area contributed by atoms with Gasteiger partial charge in [-0.25, -0.2) is 0 Å². The standard InChI is InChI=1S/C20H17N5O3S/c26-20(16-8-15(23-24-16)19-6-3-7-29-19)22-13-9-21-25(10-13)11-14-12-27-17-4-1-2-5-18(17)28-14/h1-10,14H,11-12H2,(H,22,26)(H,23,24)/t14-/m0/s1. The molecule has 0 saturated carbocycles. The Hall–Kier alpha value is -3.59. The van der Waals surface area contributed by atoms with Gasteiger partial charge in [-0.05, 0) is 29.6 Å². The number of thiophene rings is 1. The van der Waals surface area contributed by atoms with E-state index in [1.54, 1.807) is 34.5 Å². The first kappa shape index (κ1) is 17.5. The van der Waals surface area contributed by atoms with E-state index in [0.29, 0.717) is 24.5 Å². The fraction of sp³-hybridized carbons (Fsp3) is 0.150. The number of carbonyl (C=O) groups excluding carboxylic acids is 1. The van der Waals surface area contributed by atoms with Gasteiger partial charge in [-0.3, -0.25) is 14.6 Å². The summed E-state index contributed by atoms with van der Waals surface area (Å²) in [5, 5.41) is 16.1. The van der Waals surface area contributed by atoms with Crippen molar-refractivity contribution in [3.8, 4) is 22.1 Å². The summed E-state index contributed by atoms with van der Waals surface area (Å²) in [6.45, 7) is 0.951. The quantitative estimate of drug-likeness (QED) is 0.529. The number of aromatic nitrogens is 4. The van der Waals surface area contributed by atoms with Crippen molar-refractivity contribution >= 4 is 22.9 Å². The molecule has 2 N–H and O–H groups in total. The van der Waals surface area contributed by atoms with Crippen molar-refractivity contribution in [3.05, 3.63) is 65.9 Å². The number of aromatic amines is 1. The highest BCUT2D eigenvalue weighted by molar-refractivity contribution is 7.13. The second-order valence-electron chi connectivity index (χ2n) is 6.55. The first-order valence-corrected chi connectivity index (χ1v) is 9.94. The summed E-state index contributed by atoms with van der Waals surface area (Å²) in [5.74, 6) is 1.18. The summed E-state index contributed by atoms with van der Waals surface area (Å²) in [5.41, 5.74) is 1.73. The Morgan fingerprint density at radius 2 is 2.17 bits per heavy atom. The SMILES string of the molecule is O=C(Nc1cnn(C[C@H]2COc3ccccc3O2)c1)c1cc(-c2cccs2)[nH]n1. The van der Waals surface area contributed by atoms with Gasteiger partial charge in [0.15, 0.2) is 23.3 Å². The minimum Gasteiger partial charge on any atom is -0.486 e. The third-order valence-electron chi connectivity index (χ3n) is 4.45. The molecule has 0 spiro atoms. The maximum absolute atomic E-state index is 12.5. The molecule has 8 nitrogen and oxygen atoms in total. The highest BCUT2D eigenvalue weighted by atomic mass is 32.1. The van der Waals surface area contributed by atoms with Gasteiger partial charge in [-0.1, -0.05) is 18.2 Å². The first-order valence-electron chi connectivity index (χ1n) is 9.06. The van der Waals surface area contributed by atoms with Crippen molar-refractivity contribution in [2.75, 3.05) is 11.9 Å². The molecule has 29 heavy (non-hydrogen) atoms. The molecular weight excluding hydrogens is 390 g/mol. The van der Waals surface area contributed by atoms with Crippen molar-refractivity contribution in [2.45, 2.75) is 12.6 Å². The van der Waals surface area contributed by atoms with Gasteiger partial charge < -0.3 is 14.8 Å². The average molecular weight is 407 g/mol. The number of carbonyl (C=O) groups is 1. The number of rotatable bonds is 5. The second-order valence-corrected chi connectivity index (χ2v) is 7.49. The van der Waals surface area contributed by atoms with Crippen LogP contribution in [0.4, 0.5) is 5.69 Å². The molecule has 9 heteroatoms. The predicted octanol–water partition coefficient (Wildman–Crippen LogP) is 3.43. The number of benzene rings is 1. The number of nitrogens with zero attached hydrogens (tertiary/aromatic N) is 3. The van der Waals surface area contributed by atoms with Gasteiger partial charge in [0.05, 0.1) is 29.0 Å². The Kier molecular flexibility index (Phi) is 4.49. The molecule has 1 aliphatic heterocycles. The summed E-state index contributed by atoms with van der Waals surface area (Å²) in [6.07, 6.45) is 3.20. The molecular formula is C20H17N5O3S. The van der Waals surface area contributed by atoms with E-state index in [9.17, 15) is 4.79 Å². The van der Waals surface area contributed by atoms with Crippen LogP contribution in [0.3, 0.4) is 0 Å². The molecule has 0 radical (unpaired) electrons. The van der Waals surface area contributed by atoms with E-state index in [-0.39, 0.29) is 12.0 Å². The van der Waals surface area contributed by atoms with Crippen molar-refractivity contribution in [1.29, 1.82) is 0 Å². The number of hydrogen-bond acceptors (Lipinski definition) is 6. The number of hydrogen-bond donors (Lipinski definition) is 2. The van der Waals surface area contributed by atoms with Gasteiger partial charge >= 0.3 is 0 Å². The average Bonchev–Trinajstić information content (AvgIpc) is 3.49. The number of nitrogens with one attached hydrogen (secondary N) is 2. The van der Waals surface area contributed by atoms with Crippen LogP contribution in [0.2, 0.25) is 0 Å². The van der Waals surface area contributed by atoms with Gasteiger partial charge in [0, 0.05) is 6.20 Å². The lowest BCUT2D eigenvalue weighted by Gasteiger charge is -2.26. The zero-order chi connectivity index (χ0) is 19.6. The molecule has 1 atom stereocenters. The number of ether oxygens (including phenoxy) is 2. The van der Waals surface area contributed by atoms with E-state index in [1.807, 2.05) is 41.8 Å². The normalized spacial score (nSPS) is 15.2. The Morgan fingerprint density at radius 3 is 3.03 bits per heavy atom. The highest BCUT2D eigenvalue weighted by Gasteiger charge is 2.21. The fourth-order valence-corrected chi connectivity index (χ4v) is 3.77. The van der Waals surface area contributed by atoms with Crippen LogP contribution >= 0.6 is 11.3 Å². The van der Waals surface area contributed by atoms with E-state index in [1.165, 1.54) is 0 Å². The molecule has 4 aromatic rings. The van der Waals surface area contributed by atoms with Crippen LogP contribution in [0, 0.1) is 0 Å². The van der Waals surface area contributed by atoms with Crippen LogP contribution in [-0.4, -0.2) is 38.6 Å². The van der Waals surface area contributed by atoms with Crippen molar-refractivity contribution < 1.29 is 14.3 Å². The van der Waals surface area contributed by atoms with E-state index >= 15 is 0 Å². The van der Waals surface area contributed by atoms with Crippen LogP contribution in [0.25, 0.3) is 10.6 Å². The Balaban J connectivity index is 1.21. The van der Waals surface area contributed by atoms with Crippen LogP contribution in [0.5, 0.6) is 11.5 Å². The summed E-state index contributed by atoms with van der Waals surface area (Å²) in [7, 11) is 0. The monoisotopic (exact) mass is 407 g/mol. The van der Waals surface area contributed by atoms with Crippen molar-refractivity contribution in [3.63, 3.8) is 0 Å². The Bertz CT molecular complexity index is 1130. The third kappa shape index (κ3) is 3.72. The summed E-state index contributed by atoms with van der Waals surface area (Å²) in [6, 6.07) is 13.2. The number of para-hydroxylation sites is 2. The van der Waals surface area contributed by atoms with E-state index < -0.39 is 0 Å². The van der Waals surface area contributed by atoms with Gasteiger partial charge in [-0.15, -0.1) is 11.3 Å². The van der Waals surface area contributed by atoms with Crippen LogP contribution in [-0.2, 0) is 6.54 Å². The van der Waals surface area contributed by atoms with Crippen LogP contribution < -0.4 is 14.8 Å². The molecule has 0 aliphatic carbocycles. The molecule has 4 heterocycles. The van der Waals surface area contributed by atoms with E-state index in [4.69, 9.17) is 9.47 Å². The molecule has 1 amide bonds. The van der Waals surface area contributed by atoms with Crippen LogP contribution in [0.1, 0.15) is 10.5 Å². The molecule has 0 fully saturated rings. The number of amides is 1. The zero-order valence-corrected chi connectivity index (χ0v) is 16.1. The molecule has 0 bridgehead atoms. The molecule has 1 aliphatic rings. The summed E-state index contributed by atoms with van der Waals surface area (Å²) >= 11 is 1.58. The molecule has 0 saturated heterocycles. The molecule has 3 aromatic heterocycles. The topological polar surface area (TPSA) is 94.1 Å². The largest absolute Gasteiger partial charge is 0.486 e. The van der Waals surface area contributed by atoms with Gasteiger partial charge in [0.25, 0.3) is 5.91 Å². The maximum Gasteiger partial charge on any atom is 0.276 e. The smallest absolute Gasteiger partial charge is 0.276 e. The lowest BCUT2D eigenvalue weighted by molar-refractivity contribution is 0.0759. The third-order valence-corrected chi connectivity index (χ3v) is 5.35. The molecule has 146 valence electrons. The van der Waals surface area contributed by atoms with Gasteiger partial charge in [-0.2, -0.15) is 10.2 Å². The number of fused-ring (bicyclic) bond motifs is 1. The van der Waals surface area contributed by atoms with Gasteiger partial charge in [0.1, 0.15) is 6.61 Å². The Morgan fingerprint density at radius 1 is 1.28 bits per heavy atom. The summed E-state index contributed by atoms with van der Waals surface area (Å²) < 4.78 is 13.4. The molecule has 0 unspecified atom stereocenters. The predicted molar refractivity (Wildman–Crippen MR) is 108 cm³/mol. The molecule has 5 rings (SSSR count). The zero-order valence-electron chi connectivity index (χ0n) is 15.2. The first-order chi connectivity index (χ1) is 14.2. The maximum atomic E-state index is 12.5. The summed E-state index contributed by atoms with van der Waals surface area (Å²) in [4.78, 5) is 13.5. The minimum absolute atomic E-state index is 0.159. The molecule has 1 aromatic carbocycles. The number of anilines is 1. The Labute approximate surface area is 170 Å². The van der Waals surface area contributed by atoms with Crippen molar-refractivity contribution in [2.24, 2.45) is 0 Å². The van der Waals surface area contributed by atoms with E-state index in [0.717, 1.165) is 22.1 Å². The van der Waals surface area contributed by atoms with Crippen molar-refractivity contribution in [1.82, 2.24) is 20.0 Å². The lowest BCUT2D eigenvalue weighted by Crippen LogP contribution is -2.33. The van der Waals surface area contributed by atoms with Crippen LogP contribution in [0.15, 0.2) is 60.2 Å². The second kappa shape index (κ2) is 7.44. The lowest BCUT2D eigenvalue weighted by atomic mass is 10.2. The van der Waals surface area contributed by atoms with Gasteiger partial charge in [0.2, 0.25) is 0 Å². The fourth-order valence-electron chi connectivity index (χ4n) is 3.08. The van der Waals surface area contributed by atoms with E-state index in [2.05, 4.69) is 20.6 Å². The minimum atomic E-state index is -0.296. The highest BCUT2D eigenvalue weighted by Crippen LogP contribution is 2.31.